The van der Waals surface area contributed by atoms with Crippen molar-refractivity contribution in [3.8, 4) is 0 Å². The second-order valence-electron chi connectivity index (χ2n) is 4.79. The van der Waals surface area contributed by atoms with Crippen molar-refractivity contribution in [2.24, 2.45) is 7.05 Å². The molecule has 0 saturated carbocycles. The molecule has 0 aliphatic rings. The standard InChI is InChI=1S/C14H18N4O/c1-17(2)9-11-5-4-6-13(7-11)16-14(19)12-8-15-18(3)10-12/h4-8,10H,9H2,1-3H3,(H,16,19). The normalized spacial score (nSPS) is 10.7. The molecule has 2 rings (SSSR count). The number of carbonyl (C=O) groups excluding carboxylic acids is 1. The maximum absolute atomic E-state index is 12.0. The molecule has 1 N–H and O–H groups in total. The average Bonchev–Trinajstić information content (AvgIpc) is 2.75. The van der Waals surface area contributed by atoms with Crippen molar-refractivity contribution in [2.75, 3.05) is 19.4 Å². The molecule has 0 unspecified atom stereocenters. The number of nitrogens with zero attached hydrogens (tertiary/aromatic N) is 3. The molecule has 1 amide bonds. The van der Waals surface area contributed by atoms with Crippen molar-refractivity contribution < 1.29 is 4.79 Å². The number of nitrogens with one attached hydrogen (secondary N) is 1. The lowest BCUT2D eigenvalue weighted by atomic mass is 10.2. The summed E-state index contributed by atoms with van der Waals surface area (Å²) >= 11 is 0. The van der Waals surface area contributed by atoms with Gasteiger partial charge in [0.2, 0.25) is 0 Å². The van der Waals surface area contributed by atoms with E-state index in [0.29, 0.717) is 5.56 Å². The zero-order valence-electron chi connectivity index (χ0n) is 11.4. The van der Waals surface area contributed by atoms with Crippen LogP contribution in [0.25, 0.3) is 0 Å². The highest BCUT2D eigenvalue weighted by atomic mass is 16.1. The Bertz CT molecular complexity index is 574. The van der Waals surface area contributed by atoms with Crippen molar-refractivity contribution in [1.29, 1.82) is 0 Å². The van der Waals surface area contributed by atoms with Crippen LogP contribution >= 0.6 is 0 Å². The number of amides is 1. The number of carbonyl (C=O) groups is 1. The quantitative estimate of drug-likeness (QED) is 0.908. The second kappa shape index (κ2) is 5.67. The SMILES string of the molecule is CN(C)Cc1cccc(NC(=O)c2cnn(C)c2)c1. The summed E-state index contributed by atoms with van der Waals surface area (Å²) < 4.78 is 1.61. The molecule has 2 aromatic rings. The number of anilines is 1. The third-order valence-corrected chi connectivity index (χ3v) is 2.65. The van der Waals surface area contributed by atoms with Crippen molar-refractivity contribution in [2.45, 2.75) is 6.54 Å². The fraction of sp³-hybridized carbons (Fsp3) is 0.286. The molecule has 0 saturated heterocycles. The lowest BCUT2D eigenvalue weighted by Crippen LogP contribution is -2.13. The summed E-state index contributed by atoms with van der Waals surface area (Å²) in [5, 5.41) is 6.86. The highest BCUT2D eigenvalue weighted by molar-refractivity contribution is 6.03. The second-order valence-corrected chi connectivity index (χ2v) is 4.79. The Morgan fingerprint density at radius 1 is 1.42 bits per heavy atom. The summed E-state index contributed by atoms with van der Waals surface area (Å²) in [6, 6.07) is 7.85. The molecule has 1 aromatic carbocycles. The number of hydrogen-bond acceptors (Lipinski definition) is 3. The molecule has 5 nitrogen and oxygen atoms in total. The summed E-state index contributed by atoms with van der Waals surface area (Å²) in [4.78, 5) is 14.1. The predicted octanol–water partition coefficient (Wildman–Crippen LogP) is 1.73. The first kappa shape index (κ1) is 13.3. The molecule has 0 bridgehead atoms. The van der Waals surface area contributed by atoms with E-state index in [1.54, 1.807) is 24.1 Å². The maximum Gasteiger partial charge on any atom is 0.258 e. The minimum absolute atomic E-state index is 0.143. The van der Waals surface area contributed by atoms with Gasteiger partial charge in [-0.3, -0.25) is 9.48 Å². The Morgan fingerprint density at radius 2 is 2.21 bits per heavy atom. The van der Waals surface area contributed by atoms with Crippen molar-refractivity contribution in [1.82, 2.24) is 14.7 Å². The number of rotatable bonds is 4. The molecule has 1 aromatic heterocycles. The van der Waals surface area contributed by atoms with Gasteiger partial charge in [0.05, 0.1) is 11.8 Å². The molecule has 100 valence electrons. The van der Waals surface area contributed by atoms with Gasteiger partial charge in [0.1, 0.15) is 0 Å². The van der Waals surface area contributed by atoms with Crippen molar-refractivity contribution in [3.63, 3.8) is 0 Å². The molecule has 0 fully saturated rings. The largest absolute Gasteiger partial charge is 0.322 e. The Kier molecular flexibility index (Phi) is 3.97. The first-order valence-electron chi connectivity index (χ1n) is 6.08. The number of aryl methyl sites for hydroxylation is 1. The Morgan fingerprint density at radius 3 is 2.84 bits per heavy atom. The van der Waals surface area contributed by atoms with Crippen molar-refractivity contribution >= 4 is 11.6 Å². The van der Waals surface area contributed by atoms with Crippen molar-refractivity contribution in [3.05, 3.63) is 47.8 Å². The third kappa shape index (κ3) is 3.66. The molecular formula is C14H18N4O. The van der Waals surface area contributed by atoms with Gasteiger partial charge in [-0.05, 0) is 31.8 Å². The zero-order chi connectivity index (χ0) is 13.8. The maximum atomic E-state index is 12.0. The van der Waals surface area contributed by atoms with Crippen LogP contribution in [0.2, 0.25) is 0 Å². The molecule has 19 heavy (non-hydrogen) atoms. The summed E-state index contributed by atoms with van der Waals surface area (Å²) in [6.45, 7) is 0.844. The van der Waals surface area contributed by atoms with E-state index in [1.807, 2.05) is 38.4 Å². The molecule has 0 spiro atoms. The first-order chi connectivity index (χ1) is 9.04. The van der Waals surface area contributed by atoms with Crippen LogP contribution in [0.4, 0.5) is 5.69 Å². The van der Waals surface area contributed by atoms with E-state index in [-0.39, 0.29) is 5.91 Å². The first-order valence-corrected chi connectivity index (χ1v) is 6.08. The fourth-order valence-corrected chi connectivity index (χ4v) is 1.85. The van der Waals surface area contributed by atoms with Crippen LogP contribution in [0, 0.1) is 0 Å². The fourth-order valence-electron chi connectivity index (χ4n) is 1.85. The van der Waals surface area contributed by atoms with Crippen LogP contribution in [-0.2, 0) is 13.6 Å². The van der Waals surface area contributed by atoms with Gasteiger partial charge >= 0.3 is 0 Å². The highest BCUT2D eigenvalue weighted by Crippen LogP contribution is 2.13. The average molecular weight is 258 g/mol. The Labute approximate surface area is 112 Å². The molecule has 0 aliphatic carbocycles. The lowest BCUT2D eigenvalue weighted by molar-refractivity contribution is 0.102. The minimum Gasteiger partial charge on any atom is -0.322 e. The van der Waals surface area contributed by atoms with E-state index in [4.69, 9.17) is 0 Å². The van der Waals surface area contributed by atoms with Gasteiger partial charge in [-0.1, -0.05) is 12.1 Å². The third-order valence-electron chi connectivity index (χ3n) is 2.65. The van der Waals surface area contributed by atoms with Crippen LogP contribution in [0.1, 0.15) is 15.9 Å². The molecule has 0 atom stereocenters. The molecule has 1 heterocycles. The molecule has 5 heteroatoms. The topological polar surface area (TPSA) is 50.2 Å². The van der Waals surface area contributed by atoms with E-state index in [9.17, 15) is 4.79 Å². The number of hydrogen-bond donors (Lipinski definition) is 1. The highest BCUT2D eigenvalue weighted by Gasteiger charge is 2.08. The van der Waals surface area contributed by atoms with Gasteiger partial charge in [0.15, 0.2) is 0 Å². The summed E-state index contributed by atoms with van der Waals surface area (Å²) in [7, 11) is 5.82. The van der Waals surface area contributed by atoms with Crippen LogP contribution in [0.3, 0.4) is 0 Å². The summed E-state index contributed by atoms with van der Waals surface area (Å²) in [5.74, 6) is -0.143. The van der Waals surface area contributed by atoms with E-state index in [0.717, 1.165) is 17.8 Å². The summed E-state index contributed by atoms with van der Waals surface area (Å²) in [6.07, 6.45) is 3.25. The van der Waals surface area contributed by atoms with E-state index in [2.05, 4.69) is 15.3 Å². The van der Waals surface area contributed by atoms with Crippen LogP contribution in [-0.4, -0.2) is 34.7 Å². The van der Waals surface area contributed by atoms with Gasteiger partial charge in [0, 0.05) is 25.5 Å². The van der Waals surface area contributed by atoms with Gasteiger partial charge in [-0.15, -0.1) is 0 Å². The van der Waals surface area contributed by atoms with E-state index < -0.39 is 0 Å². The number of aromatic nitrogens is 2. The monoisotopic (exact) mass is 258 g/mol. The zero-order valence-corrected chi connectivity index (χ0v) is 11.4. The van der Waals surface area contributed by atoms with Crippen LogP contribution in [0.5, 0.6) is 0 Å². The lowest BCUT2D eigenvalue weighted by Gasteiger charge is -2.11. The van der Waals surface area contributed by atoms with Gasteiger partial charge in [-0.2, -0.15) is 5.10 Å². The van der Waals surface area contributed by atoms with Gasteiger partial charge in [0.25, 0.3) is 5.91 Å². The Balaban J connectivity index is 2.08. The molecule has 0 aliphatic heterocycles. The van der Waals surface area contributed by atoms with Gasteiger partial charge in [-0.25, -0.2) is 0 Å². The predicted molar refractivity (Wildman–Crippen MR) is 75.0 cm³/mol. The van der Waals surface area contributed by atoms with E-state index in [1.165, 1.54) is 0 Å². The Hall–Kier alpha value is -2.14. The van der Waals surface area contributed by atoms with Gasteiger partial charge < -0.3 is 10.2 Å². The summed E-state index contributed by atoms with van der Waals surface area (Å²) in [5.41, 5.74) is 2.52. The van der Waals surface area contributed by atoms with Crippen LogP contribution < -0.4 is 5.32 Å². The molecule has 0 radical (unpaired) electrons. The number of benzene rings is 1. The smallest absolute Gasteiger partial charge is 0.258 e. The molecular weight excluding hydrogens is 240 g/mol. The van der Waals surface area contributed by atoms with Crippen LogP contribution in [0.15, 0.2) is 36.7 Å². The minimum atomic E-state index is -0.143. The van der Waals surface area contributed by atoms with E-state index >= 15 is 0 Å².